The molecule has 0 spiro atoms. The monoisotopic (exact) mass is 355 g/mol. The van der Waals surface area contributed by atoms with Crippen molar-refractivity contribution in [2.24, 2.45) is 0 Å². The van der Waals surface area contributed by atoms with Gasteiger partial charge in [0.05, 0.1) is 5.92 Å². The molecule has 6 rings (SSSR count). The van der Waals surface area contributed by atoms with Gasteiger partial charge in [-0.2, -0.15) is 0 Å². The van der Waals surface area contributed by atoms with Gasteiger partial charge in [-0.25, -0.2) is 0 Å². The van der Waals surface area contributed by atoms with E-state index in [0.717, 1.165) is 34.1 Å². The van der Waals surface area contributed by atoms with Gasteiger partial charge in [-0.05, 0) is 27.8 Å². The number of fused-ring (bicyclic) bond motifs is 1. The number of carbonyl (C=O) groups is 1. The second-order valence-electron chi connectivity index (χ2n) is 7.31. The first-order chi connectivity index (χ1) is 13.2. The minimum Gasteiger partial charge on any atom is -0.302 e. The number of rotatable bonds is 3. The standard InChI is InChI=1S/C23H17NO3/c25-14-23-18-12-6-4-10-16(18)21(17-11-5-7-13-19(17)23)20(22(23)24(26)27)15-8-2-1-3-9-15/h1-14,20-22H. The van der Waals surface area contributed by atoms with E-state index < -0.39 is 17.4 Å². The molecule has 3 aliphatic carbocycles. The van der Waals surface area contributed by atoms with Crippen LogP contribution in [-0.2, 0) is 10.2 Å². The first-order valence-corrected chi connectivity index (χ1v) is 9.03. The number of carbonyl (C=O) groups excluding carboxylic acids is 1. The summed E-state index contributed by atoms with van der Waals surface area (Å²) in [6, 6.07) is 24.0. The minimum atomic E-state index is -1.27. The summed E-state index contributed by atoms with van der Waals surface area (Å²) in [6.07, 6.45) is 0.809. The zero-order valence-corrected chi connectivity index (χ0v) is 14.5. The smallest absolute Gasteiger partial charge is 0.241 e. The van der Waals surface area contributed by atoms with Crippen LogP contribution < -0.4 is 0 Å². The van der Waals surface area contributed by atoms with E-state index in [1.54, 1.807) is 0 Å². The van der Waals surface area contributed by atoms with Crippen molar-refractivity contribution in [1.82, 2.24) is 0 Å². The highest BCUT2D eigenvalue weighted by Crippen LogP contribution is 2.61. The Morgan fingerprint density at radius 1 is 0.815 bits per heavy atom. The molecule has 4 heteroatoms. The summed E-state index contributed by atoms with van der Waals surface area (Å²) in [4.78, 5) is 24.8. The predicted octanol–water partition coefficient (Wildman–Crippen LogP) is 4.06. The third-order valence-corrected chi connectivity index (χ3v) is 6.25. The average Bonchev–Trinajstić information content (AvgIpc) is 2.73. The van der Waals surface area contributed by atoms with E-state index >= 15 is 0 Å². The van der Waals surface area contributed by atoms with Crippen LogP contribution in [0.2, 0.25) is 0 Å². The molecule has 0 aromatic heterocycles. The molecule has 27 heavy (non-hydrogen) atoms. The molecule has 0 saturated carbocycles. The summed E-state index contributed by atoms with van der Waals surface area (Å²) >= 11 is 0. The quantitative estimate of drug-likeness (QED) is 0.404. The molecule has 0 aliphatic heterocycles. The van der Waals surface area contributed by atoms with Crippen LogP contribution in [0.3, 0.4) is 0 Å². The molecule has 2 atom stereocenters. The largest absolute Gasteiger partial charge is 0.302 e. The van der Waals surface area contributed by atoms with Crippen molar-refractivity contribution in [3.8, 4) is 0 Å². The van der Waals surface area contributed by atoms with Crippen LogP contribution in [0.1, 0.15) is 39.7 Å². The van der Waals surface area contributed by atoms with E-state index in [0.29, 0.717) is 0 Å². The molecule has 132 valence electrons. The average molecular weight is 355 g/mol. The molecule has 0 amide bonds. The topological polar surface area (TPSA) is 60.2 Å². The number of nitrogens with zero attached hydrogens (tertiary/aromatic N) is 1. The summed E-state index contributed by atoms with van der Waals surface area (Å²) in [5.74, 6) is -0.534. The SMILES string of the molecule is O=CC12c3ccccc3C(c3ccccc31)C(c1ccccc1)C2[N+](=O)[O-]. The summed E-state index contributed by atoms with van der Waals surface area (Å²) in [6.45, 7) is 0. The van der Waals surface area contributed by atoms with Crippen molar-refractivity contribution in [3.63, 3.8) is 0 Å². The second-order valence-corrected chi connectivity index (χ2v) is 7.31. The van der Waals surface area contributed by atoms with Gasteiger partial charge in [0.1, 0.15) is 11.7 Å². The van der Waals surface area contributed by atoms with Crippen molar-refractivity contribution >= 4 is 6.29 Å². The molecular weight excluding hydrogens is 338 g/mol. The molecule has 2 unspecified atom stereocenters. The van der Waals surface area contributed by atoms with Gasteiger partial charge >= 0.3 is 0 Å². The molecule has 3 aromatic carbocycles. The Bertz CT molecular complexity index is 1010. The maximum Gasteiger partial charge on any atom is 0.241 e. The normalized spacial score (nSPS) is 27.5. The third-order valence-electron chi connectivity index (χ3n) is 6.25. The van der Waals surface area contributed by atoms with Crippen molar-refractivity contribution < 1.29 is 9.72 Å². The van der Waals surface area contributed by atoms with Gasteiger partial charge in [0.15, 0.2) is 0 Å². The lowest BCUT2D eigenvalue weighted by Crippen LogP contribution is -2.58. The summed E-state index contributed by atoms with van der Waals surface area (Å²) in [7, 11) is 0. The number of benzene rings is 3. The Morgan fingerprint density at radius 2 is 1.33 bits per heavy atom. The van der Waals surface area contributed by atoms with Gasteiger partial charge in [-0.1, -0.05) is 78.9 Å². The highest BCUT2D eigenvalue weighted by atomic mass is 16.6. The highest BCUT2D eigenvalue weighted by molar-refractivity contribution is 5.83. The fourth-order valence-corrected chi connectivity index (χ4v) is 5.32. The van der Waals surface area contributed by atoms with Gasteiger partial charge in [0, 0.05) is 10.8 Å². The van der Waals surface area contributed by atoms with Gasteiger partial charge in [-0.3, -0.25) is 10.1 Å². The van der Waals surface area contributed by atoms with E-state index in [9.17, 15) is 14.9 Å². The van der Waals surface area contributed by atoms with Crippen molar-refractivity contribution in [2.45, 2.75) is 23.3 Å². The molecule has 2 bridgehead atoms. The maximum absolute atomic E-state index is 12.7. The molecular formula is C23H17NO3. The van der Waals surface area contributed by atoms with Crippen LogP contribution in [0.15, 0.2) is 78.9 Å². The highest BCUT2D eigenvalue weighted by Gasteiger charge is 2.65. The van der Waals surface area contributed by atoms with Gasteiger partial charge in [0.2, 0.25) is 6.04 Å². The lowest BCUT2D eigenvalue weighted by molar-refractivity contribution is -0.536. The molecule has 0 fully saturated rings. The summed E-state index contributed by atoms with van der Waals surface area (Å²) < 4.78 is 0. The van der Waals surface area contributed by atoms with Gasteiger partial charge in [0.25, 0.3) is 0 Å². The van der Waals surface area contributed by atoms with Crippen LogP contribution in [-0.4, -0.2) is 17.3 Å². The molecule has 0 radical (unpaired) electrons. The van der Waals surface area contributed by atoms with Gasteiger partial charge in [-0.15, -0.1) is 0 Å². The second kappa shape index (κ2) is 5.61. The Balaban J connectivity index is 1.93. The molecule has 0 N–H and O–H groups in total. The number of nitro groups is 1. The van der Waals surface area contributed by atoms with E-state index in [1.165, 1.54) is 0 Å². The zero-order valence-electron chi connectivity index (χ0n) is 14.5. The van der Waals surface area contributed by atoms with Crippen molar-refractivity contribution in [2.75, 3.05) is 0 Å². The number of hydrogen-bond acceptors (Lipinski definition) is 3. The first kappa shape index (κ1) is 15.9. The van der Waals surface area contributed by atoms with E-state index in [-0.39, 0.29) is 10.8 Å². The Hall–Kier alpha value is -3.27. The number of aldehydes is 1. The lowest BCUT2D eigenvalue weighted by Gasteiger charge is -2.51. The number of hydrogen-bond donors (Lipinski definition) is 0. The Labute approximate surface area is 156 Å². The predicted molar refractivity (Wildman–Crippen MR) is 102 cm³/mol. The molecule has 4 nitrogen and oxygen atoms in total. The first-order valence-electron chi connectivity index (χ1n) is 9.03. The molecule has 3 aromatic rings. The summed E-state index contributed by atoms with van der Waals surface area (Å²) in [5.41, 5.74) is 3.23. The maximum atomic E-state index is 12.7. The fourth-order valence-electron chi connectivity index (χ4n) is 5.32. The van der Waals surface area contributed by atoms with E-state index in [4.69, 9.17) is 0 Å². The molecule has 0 heterocycles. The van der Waals surface area contributed by atoms with Gasteiger partial charge < -0.3 is 4.79 Å². The van der Waals surface area contributed by atoms with E-state index in [1.807, 2.05) is 78.9 Å². The van der Waals surface area contributed by atoms with Crippen molar-refractivity contribution in [3.05, 3.63) is 117 Å². The molecule has 0 saturated heterocycles. The Kier molecular flexibility index (Phi) is 3.31. The van der Waals surface area contributed by atoms with Crippen LogP contribution in [0.5, 0.6) is 0 Å². The van der Waals surface area contributed by atoms with Crippen LogP contribution in [0.25, 0.3) is 0 Å². The minimum absolute atomic E-state index is 0.142. The van der Waals surface area contributed by atoms with Crippen LogP contribution in [0, 0.1) is 10.1 Å². The lowest BCUT2D eigenvalue weighted by atomic mass is 9.49. The van der Waals surface area contributed by atoms with Crippen molar-refractivity contribution in [1.29, 1.82) is 0 Å². The van der Waals surface area contributed by atoms with Crippen LogP contribution >= 0.6 is 0 Å². The fraction of sp³-hybridized carbons (Fsp3) is 0.174. The van der Waals surface area contributed by atoms with Crippen LogP contribution in [0.4, 0.5) is 0 Å². The Morgan fingerprint density at radius 3 is 1.85 bits per heavy atom. The summed E-state index contributed by atoms with van der Waals surface area (Å²) in [5, 5.41) is 12.4. The zero-order chi connectivity index (χ0) is 18.6. The third kappa shape index (κ3) is 1.90. The molecule has 3 aliphatic rings. The van der Waals surface area contributed by atoms with E-state index in [2.05, 4.69) is 0 Å².